The Kier molecular flexibility index (Phi) is 4.90. The molecule has 0 aliphatic carbocycles. The molecule has 136 valence electrons. The predicted molar refractivity (Wildman–Crippen MR) is 103 cm³/mol. The van der Waals surface area contributed by atoms with E-state index in [-0.39, 0.29) is 33.4 Å². The summed E-state index contributed by atoms with van der Waals surface area (Å²) in [7, 11) is 0. The molecule has 3 aromatic rings. The summed E-state index contributed by atoms with van der Waals surface area (Å²) in [5.74, 6) is -0.116. The topological polar surface area (TPSA) is 80.9 Å². The second kappa shape index (κ2) is 6.85. The highest BCUT2D eigenvalue weighted by Gasteiger charge is 2.23. The van der Waals surface area contributed by atoms with Gasteiger partial charge in [0.2, 0.25) is 0 Å². The van der Waals surface area contributed by atoms with Gasteiger partial charge in [0.15, 0.2) is 5.65 Å². The second-order valence-corrected chi connectivity index (χ2v) is 7.40. The minimum Gasteiger partial charge on any atom is -0.507 e. The molecule has 0 saturated carbocycles. The number of aromatic nitrogens is 4. The molecule has 3 rings (SSSR count). The standard InChI is InChI=1S/C18H18Cl2N4O2/c1-8(2)14-16(15(9(3)4)22-7-21-14)24-13(26)6-12(25)10-5-11(19)17(20)23-18(10)24/h5-9,25H,1-4H3. The summed E-state index contributed by atoms with van der Waals surface area (Å²) in [5.41, 5.74) is 1.76. The smallest absolute Gasteiger partial charge is 0.260 e. The number of hydrogen-bond donors (Lipinski definition) is 1. The fourth-order valence-electron chi connectivity index (χ4n) is 2.88. The van der Waals surface area contributed by atoms with Gasteiger partial charge in [0, 0.05) is 6.07 Å². The fraction of sp³-hybridized carbons (Fsp3) is 0.333. The third kappa shape index (κ3) is 3.04. The van der Waals surface area contributed by atoms with Crippen LogP contribution < -0.4 is 5.56 Å². The molecule has 3 heterocycles. The summed E-state index contributed by atoms with van der Waals surface area (Å²) < 4.78 is 1.40. The van der Waals surface area contributed by atoms with Crippen molar-refractivity contribution in [2.24, 2.45) is 0 Å². The molecule has 0 unspecified atom stereocenters. The van der Waals surface area contributed by atoms with Gasteiger partial charge in [0.05, 0.1) is 27.5 Å². The van der Waals surface area contributed by atoms with Crippen molar-refractivity contribution < 1.29 is 5.11 Å². The van der Waals surface area contributed by atoms with Crippen molar-refractivity contribution in [1.82, 2.24) is 19.5 Å². The van der Waals surface area contributed by atoms with Gasteiger partial charge in [-0.15, -0.1) is 0 Å². The molecule has 0 fully saturated rings. The monoisotopic (exact) mass is 392 g/mol. The van der Waals surface area contributed by atoms with Gasteiger partial charge >= 0.3 is 0 Å². The Hall–Kier alpha value is -2.18. The number of nitrogens with zero attached hydrogens (tertiary/aromatic N) is 4. The highest BCUT2D eigenvalue weighted by atomic mass is 35.5. The molecule has 3 aromatic heterocycles. The van der Waals surface area contributed by atoms with Crippen LogP contribution in [0.25, 0.3) is 16.7 Å². The summed E-state index contributed by atoms with van der Waals surface area (Å²) in [5, 5.41) is 10.8. The zero-order chi connectivity index (χ0) is 19.2. The lowest BCUT2D eigenvalue weighted by molar-refractivity contribution is 0.479. The van der Waals surface area contributed by atoms with Gasteiger partial charge < -0.3 is 5.11 Å². The van der Waals surface area contributed by atoms with Crippen molar-refractivity contribution in [3.05, 3.63) is 50.4 Å². The quantitative estimate of drug-likeness (QED) is 0.666. The Morgan fingerprint density at radius 3 is 2.15 bits per heavy atom. The number of pyridine rings is 2. The number of fused-ring (bicyclic) bond motifs is 1. The van der Waals surface area contributed by atoms with Gasteiger partial charge in [0.25, 0.3) is 5.56 Å². The van der Waals surface area contributed by atoms with E-state index < -0.39 is 5.56 Å². The maximum absolute atomic E-state index is 12.8. The zero-order valence-corrected chi connectivity index (χ0v) is 16.3. The molecule has 0 aliphatic heterocycles. The molecule has 26 heavy (non-hydrogen) atoms. The van der Waals surface area contributed by atoms with Crippen LogP contribution in [0, 0.1) is 0 Å². The van der Waals surface area contributed by atoms with Crippen LogP contribution in [0.1, 0.15) is 50.9 Å². The molecular weight excluding hydrogens is 375 g/mol. The Labute approximate surface area is 160 Å². The van der Waals surface area contributed by atoms with Gasteiger partial charge in [-0.2, -0.15) is 0 Å². The maximum Gasteiger partial charge on any atom is 0.260 e. The third-order valence-electron chi connectivity index (χ3n) is 4.08. The Morgan fingerprint density at radius 2 is 1.62 bits per heavy atom. The lowest BCUT2D eigenvalue weighted by atomic mass is 10.0. The van der Waals surface area contributed by atoms with E-state index in [1.54, 1.807) is 0 Å². The van der Waals surface area contributed by atoms with Crippen LogP contribution >= 0.6 is 23.2 Å². The first-order chi connectivity index (χ1) is 12.2. The molecule has 0 amide bonds. The highest BCUT2D eigenvalue weighted by Crippen LogP contribution is 2.33. The lowest BCUT2D eigenvalue weighted by Crippen LogP contribution is -2.23. The molecule has 8 heteroatoms. The molecule has 1 N–H and O–H groups in total. The van der Waals surface area contributed by atoms with Crippen LogP contribution in [0.15, 0.2) is 23.3 Å². The fourth-order valence-corrected chi connectivity index (χ4v) is 3.16. The molecule has 6 nitrogen and oxygen atoms in total. The van der Waals surface area contributed by atoms with Crippen molar-refractivity contribution in [2.45, 2.75) is 39.5 Å². The largest absolute Gasteiger partial charge is 0.507 e. The van der Waals surface area contributed by atoms with Gasteiger partial charge in [0.1, 0.15) is 17.2 Å². The molecule has 0 aromatic carbocycles. The first kappa shape index (κ1) is 18.6. The van der Waals surface area contributed by atoms with Crippen molar-refractivity contribution in [1.29, 1.82) is 0 Å². The molecule has 0 bridgehead atoms. The Bertz CT molecular complexity index is 1030. The number of halogens is 2. The van der Waals surface area contributed by atoms with Crippen LogP contribution in [0.4, 0.5) is 0 Å². The van der Waals surface area contributed by atoms with Crippen molar-refractivity contribution in [3.63, 3.8) is 0 Å². The molecule has 0 saturated heterocycles. The van der Waals surface area contributed by atoms with E-state index in [2.05, 4.69) is 15.0 Å². The van der Waals surface area contributed by atoms with Crippen molar-refractivity contribution in [3.8, 4) is 11.4 Å². The number of aromatic hydroxyl groups is 1. The van der Waals surface area contributed by atoms with E-state index in [4.69, 9.17) is 23.2 Å². The average molecular weight is 393 g/mol. The second-order valence-electron chi connectivity index (χ2n) is 6.64. The van der Waals surface area contributed by atoms with Gasteiger partial charge in [-0.05, 0) is 17.9 Å². The third-order valence-corrected chi connectivity index (χ3v) is 4.75. The molecule has 0 aliphatic rings. The van der Waals surface area contributed by atoms with Crippen molar-refractivity contribution >= 4 is 34.2 Å². The van der Waals surface area contributed by atoms with Crippen LogP contribution in [-0.4, -0.2) is 24.6 Å². The number of hydrogen-bond acceptors (Lipinski definition) is 5. The summed E-state index contributed by atoms with van der Waals surface area (Å²) in [6.07, 6.45) is 1.50. The number of rotatable bonds is 3. The van der Waals surface area contributed by atoms with E-state index in [9.17, 15) is 9.90 Å². The van der Waals surface area contributed by atoms with Gasteiger partial charge in [-0.1, -0.05) is 50.9 Å². The van der Waals surface area contributed by atoms with Crippen LogP contribution in [0.5, 0.6) is 5.75 Å². The molecule has 0 spiro atoms. The SMILES string of the molecule is CC(C)c1ncnc(C(C)C)c1-n1c(=O)cc(O)c2cc(Cl)c(Cl)nc21. The van der Waals surface area contributed by atoms with E-state index in [1.807, 2.05) is 27.7 Å². The average Bonchev–Trinajstić information content (AvgIpc) is 2.56. The van der Waals surface area contributed by atoms with Gasteiger partial charge in [-0.25, -0.2) is 15.0 Å². The summed E-state index contributed by atoms with van der Waals surface area (Å²) in [6.45, 7) is 7.95. The van der Waals surface area contributed by atoms with E-state index >= 15 is 0 Å². The summed E-state index contributed by atoms with van der Waals surface area (Å²) in [4.78, 5) is 25.9. The molecule has 0 radical (unpaired) electrons. The van der Waals surface area contributed by atoms with Crippen LogP contribution in [0.2, 0.25) is 10.2 Å². The zero-order valence-electron chi connectivity index (χ0n) is 14.8. The lowest BCUT2D eigenvalue weighted by Gasteiger charge is -2.20. The van der Waals surface area contributed by atoms with Crippen LogP contribution in [-0.2, 0) is 0 Å². The Balaban J connectivity index is 2.55. The Morgan fingerprint density at radius 1 is 1.04 bits per heavy atom. The van der Waals surface area contributed by atoms with Crippen LogP contribution in [0.3, 0.4) is 0 Å². The minimum absolute atomic E-state index is 0.0454. The van der Waals surface area contributed by atoms with E-state index in [1.165, 1.54) is 17.0 Å². The molecule has 0 atom stereocenters. The van der Waals surface area contributed by atoms with Crippen molar-refractivity contribution in [2.75, 3.05) is 0 Å². The summed E-state index contributed by atoms with van der Waals surface area (Å²) in [6, 6.07) is 2.63. The molecular formula is C18H18Cl2N4O2. The maximum atomic E-state index is 12.8. The minimum atomic E-state index is -0.445. The predicted octanol–water partition coefficient (Wildman–Crippen LogP) is 4.43. The normalized spacial score (nSPS) is 11.7. The first-order valence-electron chi connectivity index (χ1n) is 8.18. The van der Waals surface area contributed by atoms with Gasteiger partial charge in [-0.3, -0.25) is 9.36 Å². The first-order valence-corrected chi connectivity index (χ1v) is 8.93. The van der Waals surface area contributed by atoms with E-state index in [0.29, 0.717) is 22.5 Å². The summed E-state index contributed by atoms with van der Waals surface area (Å²) >= 11 is 12.1. The van der Waals surface area contributed by atoms with E-state index in [0.717, 1.165) is 6.07 Å². The highest BCUT2D eigenvalue weighted by molar-refractivity contribution is 6.41.